The second kappa shape index (κ2) is 3.56. The van der Waals surface area contributed by atoms with E-state index < -0.39 is 0 Å². The zero-order valence-corrected chi connectivity index (χ0v) is 6.72. The van der Waals surface area contributed by atoms with Crippen LogP contribution in [0, 0.1) is 0 Å². The van der Waals surface area contributed by atoms with Gasteiger partial charge in [-0.05, 0) is 14.1 Å². The molecule has 1 rings (SSSR count). The van der Waals surface area contributed by atoms with E-state index in [0.29, 0.717) is 0 Å². The standard InChI is InChI=1S/C7H15N3/c1-10(2)6-4-7-3-5-8-9-7/h8H,3-6H2,1-2H3. The molecule has 1 N–H and O–H groups in total. The molecule has 0 aliphatic carbocycles. The minimum Gasteiger partial charge on any atom is -0.310 e. The quantitative estimate of drug-likeness (QED) is 0.611. The third-order valence-corrected chi connectivity index (χ3v) is 1.61. The molecule has 1 heterocycles. The van der Waals surface area contributed by atoms with Gasteiger partial charge in [0.2, 0.25) is 0 Å². The highest BCUT2D eigenvalue weighted by atomic mass is 15.3. The van der Waals surface area contributed by atoms with Gasteiger partial charge in [0.25, 0.3) is 0 Å². The molecule has 0 atom stereocenters. The molecule has 0 amide bonds. The van der Waals surface area contributed by atoms with Gasteiger partial charge in [0.15, 0.2) is 0 Å². The number of nitrogens with one attached hydrogen (secondary N) is 1. The minimum absolute atomic E-state index is 1.03. The van der Waals surface area contributed by atoms with E-state index in [4.69, 9.17) is 0 Å². The summed E-state index contributed by atoms with van der Waals surface area (Å²) in [7, 11) is 4.17. The van der Waals surface area contributed by atoms with E-state index in [-0.39, 0.29) is 0 Å². The average Bonchev–Trinajstić information content (AvgIpc) is 2.34. The van der Waals surface area contributed by atoms with Gasteiger partial charge < -0.3 is 10.3 Å². The lowest BCUT2D eigenvalue weighted by atomic mass is 10.2. The van der Waals surface area contributed by atoms with Crippen molar-refractivity contribution in [3.8, 4) is 0 Å². The number of nitrogens with zero attached hydrogens (tertiary/aromatic N) is 2. The molecule has 0 spiro atoms. The van der Waals surface area contributed by atoms with Crippen LogP contribution in [0.5, 0.6) is 0 Å². The lowest BCUT2D eigenvalue weighted by Gasteiger charge is -2.07. The van der Waals surface area contributed by atoms with E-state index in [1.165, 1.54) is 5.71 Å². The molecule has 1 aliphatic heterocycles. The Bertz CT molecular complexity index is 129. The Hall–Kier alpha value is -0.570. The fraction of sp³-hybridized carbons (Fsp3) is 0.857. The van der Waals surface area contributed by atoms with Crippen LogP contribution in [0.15, 0.2) is 5.10 Å². The number of hydrazone groups is 1. The topological polar surface area (TPSA) is 27.6 Å². The molecule has 0 aromatic heterocycles. The molecule has 0 saturated carbocycles. The van der Waals surface area contributed by atoms with Crippen molar-refractivity contribution in [1.29, 1.82) is 0 Å². The Morgan fingerprint density at radius 2 is 2.40 bits per heavy atom. The molecule has 0 bridgehead atoms. The van der Waals surface area contributed by atoms with Crippen molar-refractivity contribution in [3.63, 3.8) is 0 Å². The van der Waals surface area contributed by atoms with Crippen LogP contribution in [0.2, 0.25) is 0 Å². The van der Waals surface area contributed by atoms with E-state index in [0.717, 1.165) is 25.9 Å². The highest BCUT2D eigenvalue weighted by Crippen LogP contribution is 1.98. The fourth-order valence-corrected chi connectivity index (χ4v) is 0.957. The molecule has 58 valence electrons. The molecule has 0 saturated heterocycles. The molecule has 0 unspecified atom stereocenters. The van der Waals surface area contributed by atoms with E-state index in [9.17, 15) is 0 Å². The van der Waals surface area contributed by atoms with Gasteiger partial charge in [0, 0.05) is 31.6 Å². The van der Waals surface area contributed by atoms with Crippen molar-refractivity contribution in [3.05, 3.63) is 0 Å². The van der Waals surface area contributed by atoms with Gasteiger partial charge in [-0.2, -0.15) is 5.10 Å². The minimum atomic E-state index is 1.03. The molecule has 3 heteroatoms. The smallest absolute Gasteiger partial charge is 0.0409 e. The highest BCUT2D eigenvalue weighted by molar-refractivity contribution is 5.85. The third-order valence-electron chi connectivity index (χ3n) is 1.61. The second-order valence-corrected chi connectivity index (χ2v) is 2.89. The normalized spacial score (nSPS) is 17.3. The van der Waals surface area contributed by atoms with Crippen molar-refractivity contribution in [2.24, 2.45) is 5.10 Å². The molecular formula is C7H15N3. The van der Waals surface area contributed by atoms with Gasteiger partial charge in [-0.25, -0.2) is 0 Å². The average molecular weight is 141 g/mol. The van der Waals surface area contributed by atoms with Crippen LogP contribution < -0.4 is 5.43 Å². The van der Waals surface area contributed by atoms with Gasteiger partial charge in [-0.3, -0.25) is 0 Å². The summed E-state index contributed by atoms with van der Waals surface area (Å²) in [6.45, 7) is 2.14. The Morgan fingerprint density at radius 3 is 2.90 bits per heavy atom. The first-order valence-electron chi connectivity index (χ1n) is 3.72. The summed E-state index contributed by atoms with van der Waals surface area (Å²) in [4.78, 5) is 2.18. The Morgan fingerprint density at radius 1 is 1.60 bits per heavy atom. The van der Waals surface area contributed by atoms with E-state index in [1.54, 1.807) is 0 Å². The van der Waals surface area contributed by atoms with Gasteiger partial charge in [-0.15, -0.1) is 0 Å². The first-order valence-corrected chi connectivity index (χ1v) is 3.72. The van der Waals surface area contributed by atoms with Crippen LogP contribution in [-0.2, 0) is 0 Å². The van der Waals surface area contributed by atoms with E-state index >= 15 is 0 Å². The largest absolute Gasteiger partial charge is 0.310 e. The molecule has 1 aliphatic rings. The van der Waals surface area contributed by atoms with Crippen LogP contribution in [0.4, 0.5) is 0 Å². The molecule has 0 fully saturated rings. The van der Waals surface area contributed by atoms with Crippen LogP contribution >= 0.6 is 0 Å². The maximum absolute atomic E-state index is 4.15. The summed E-state index contributed by atoms with van der Waals surface area (Å²) >= 11 is 0. The first kappa shape index (κ1) is 7.54. The number of rotatable bonds is 3. The molecule has 0 radical (unpaired) electrons. The summed E-state index contributed by atoms with van der Waals surface area (Å²) in [6, 6.07) is 0. The monoisotopic (exact) mass is 141 g/mol. The van der Waals surface area contributed by atoms with Crippen molar-refractivity contribution in [1.82, 2.24) is 10.3 Å². The van der Waals surface area contributed by atoms with Gasteiger partial charge in [0.05, 0.1) is 0 Å². The predicted molar refractivity (Wildman–Crippen MR) is 43.2 cm³/mol. The summed E-state index contributed by atoms with van der Waals surface area (Å²) in [5.41, 5.74) is 4.28. The van der Waals surface area contributed by atoms with E-state index in [1.807, 2.05) is 0 Å². The second-order valence-electron chi connectivity index (χ2n) is 2.89. The highest BCUT2D eigenvalue weighted by Gasteiger charge is 2.04. The lowest BCUT2D eigenvalue weighted by Crippen LogP contribution is -2.15. The molecule has 3 nitrogen and oxygen atoms in total. The Kier molecular flexibility index (Phi) is 2.68. The first-order chi connectivity index (χ1) is 4.79. The third kappa shape index (κ3) is 2.35. The van der Waals surface area contributed by atoms with Gasteiger partial charge in [-0.1, -0.05) is 0 Å². The fourth-order valence-electron chi connectivity index (χ4n) is 0.957. The number of hydrogen-bond acceptors (Lipinski definition) is 3. The maximum atomic E-state index is 4.15. The van der Waals surface area contributed by atoms with E-state index in [2.05, 4.69) is 29.5 Å². The lowest BCUT2D eigenvalue weighted by molar-refractivity contribution is 0.421. The van der Waals surface area contributed by atoms with Crippen LogP contribution in [0.1, 0.15) is 12.8 Å². The Labute approximate surface area is 62.1 Å². The van der Waals surface area contributed by atoms with Crippen molar-refractivity contribution < 1.29 is 0 Å². The van der Waals surface area contributed by atoms with Crippen LogP contribution in [-0.4, -0.2) is 37.8 Å². The number of hydrogen-bond donors (Lipinski definition) is 1. The SMILES string of the molecule is CN(C)CCC1=NNCC1. The summed E-state index contributed by atoms with van der Waals surface area (Å²) in [6.07, 6.45) is 2.24. The zero-order chi connectivity index (χ0) is 7.40. The van der Waals surface area contributed by atoms with Gasteiger partial charge in [0.1, 0.15) is 0 Å². The molecule has 0 aromatic carbocycles. The summed E-state index contributed by atoms with van der Waals surface area (Å²) in [5, 5.41) is 4.15. The zero-order valence-electron chi connectivity index (χ0n) is 6.72. The van der Waals surface area contributed by atoms with Crippen LogP contribution in [0.25, 0.3) is 0 Å². The summed E-state index contributed by atoms with van der Waals surface area (Å²) in [5.74, 6) is 0. The molecule has 0 aromatic rings. The Balaban J connectivity index is 2.13. The van der Waals surface area contributed by atoms with Crippen molar-refractivity contribution in [2.75, 3.05) is 27.2 Å². The van der Waals surface area contributed by atoms with Gasteiger partial charge >= 0.3 is 0 Å². The van der Waals surface area contributed by atoms with Crippen LogP contribution in [0.3, 0.4) is 0 Å². The maximum Gasteiger partial charge on any atom is 0.0409 e. The molecule has 10 heavy (non-hydrogen) atoms. The molecular weight excluding hydrogens is 126 g/mol. The summed E-state index contributed by atoms with van der Waals surface area (Å²) < 4.78 is 0. The predicted octanol–water partition coefficient (Wildman–Crippen LogP) is 0.287. The van der Waals surface area contributed by atoms with Crippen molar-refractivity contribution in [2.45, 2.75) is 12.8 Å². The van der Waals surface area contributed by atoms with Crippen molar-refractivity contribution >= 4 is 5.71 Å².